The topological polar surface area (TPSA) is 37.8 Å². The second-order valence-corrected chi connectivity index (χ2v) is 3.25. The summed E-state index contributed by atoms with van der Waals surface area (Å²) < 4.78 is 37.1. The number of rotatable bonds is 2. The number of hydrogen-bond acceptors (Lipinski definition) is 3. The summed E-state index contributed by atoms with van der Waals surface area (Å²) in [5.74, 6) is -1.04. The van der Waals surface area contributed by atoms with Gasteiger partial charge in [-0.25, -0.2) is 9.97 Å². The quantitative estimate of drug-likeness (QED) is 0.874. The molecule has 1 N–H and O–H groups in total. The number of hydrogen-bond donors (Lipinski definition) is 1. The highest BCUT2D eigenvalue weighted by Crippen LogP contribution is 2.26. The van der Waals surface area contributed by atoms with E-state index in [1.165, 1.54) is 6.07 Å². The van der Waals surface area contributed by atoms with Crippen LogP contribution in [0, 0.1) is 0 Å². The van der Waals surface area contributed by atoms with Crippen LogP contribution >= 0.6 is 0 Å². The van der Waals surface area contributed by atoms with Crippen LogP contribution in [0.15, 0.2) is 42.6 Å². The van der Waals surface area contributed by atoms with E-state index < -0.39 is 12.0 Å². The Kier molecular flexibility index (Phi) is 2.95. The van der Waals surface area contributed by atoms with Gasteiger partial charge in [0.15, 0.2) is 0 Å². The normalized spacial score (nSPS) is 11.2. The minimum Gasteiger partial charge on any atom is -0.340 e. The zero-order valence-corrected chi connectivity index (χ0v) is 8.57. The van der Waals surface area contributed by atoms with Gasteiger partial charge in [0.2, 0.25) is 5.82 Å². The van der Waals surface area contributed by atoms with E-state index in [9.17, 15) is 13.2 Å². The number of aromatic nitrogens is 2. The Balaban J connectivity index is 2.23. The lowest BCUT2D eigenvalue weighted by Gasteiger charge is -2.08. The first-order chi connectivity index (χ1) is 8.05. The maximum atomic E-state index is 12.4. The monoisotopic (exact) mass is 239 g/mol. The predicted molar refractivity (Wildman–Crippen MR) is 56.8 cm³/mol. The first-order valence-corrected chi connectivity index (χ1v) is 4.78. The molecule has 0 atom stereocenters. The molecule has 1 aromatic heterocycles. The Morgan fingerprint density at radius 3 is 2.35 bits per heavy atom. The highest BCUT2D eigenvalue weighted by atomic mass is 19.4. The molecule has 0 spiro atoms. The SMILES string of the molecule is FC(F)(F)c1nccc(Nc2ccccc2)n1. The maximum absolute atomic E-state index is 12.4. The van der Waals surface area contributed by atoms with Gasteiger partial charge in [0.25, 0.3) is 0 Å². The molecule has 1 heterocycles. The van der Waals surface area contributed by atoms with E-state index in [0.717, 1.165) is 6.20 Å². The van der Waals surface area contributed by atoms with Crippen molar-refractivity contribution in [1.29, 1.82) is 0 Å². The number of halogens is 3. The molecular formula is C11H8F3N3. The molecule has 3 nitrogen and oxygen atoms in total. The first-order valence-electron chi connectivity index (χ1n) is 4.78. The molecule has 0 aliphatic heterocycles. The molecule has 0 unspecified atom stereocenters. The lowest BCUT2D eigenvalue weighted by molar-refractivity contribution is -0.144. The number of anilines is 2. The molecule has 1 aromatic carbocycles. The third-order valence-electron chi connectivity index (χ3n) is 1.96. The van der Waals surface area contributed by atoms with E-state index in [-0.39, 0.29) is 5.82 Å². The number of alkyl halides is 3. The van der Waals surface area contributed by atoms with Crippen molar-refractivity contribution in [3.05, 3.63) is 48.4 Å². The van der Waals surface area contributed by atoms with Crippen molar-refractivity contribution in [2.24, 2.45) is 0 Å². The fraction of sp³-hybridized carbons (Fsp3) is 0.0909. The van der Waals surface area contributed by atoms with Gasteiger partial charge in [-0.1, -0.05) is 18.2 Å². The lowest BCUT2D eigenvalue weighted by atomic mass is 10.3. The van der Waals surface area contributed by atoms with Crippen LogP contribution in [0.2, 0.25) is 0 Å². The minimum absolute atomic E-state index is 0.110. The van der Waals surface area contributed by atoms with Gasteiger partial charge in [0.1, 0.15) is 5.82 Å². The Labute approximate surface area is 95.3 Å². The Hall–Kier alpha value is -2.11. The van der Waals surface area contributed by atoms with Crippen LogP contribution in [0.3, 0.4) is 0 Å². The fourth-order valence-corrected chi connectivity index (χ4v) is 1.23. The molecule has 0 bridgehead atoms. The Bertz CT molecular complexity index is 497. The molecular weight excluding hydrogens is 231 g/mol. The average molecular weight is 239 g/mol. The zero-order chi connectivity index (χ0) is 12.3. The molecule has 17 heavy (non-hydrogen) atoms. The molecule has 88 valence electrons. The van der Waals surface area contributed by atoms with Gasteiger partial charge in [-0.15, -0.1) is 0 Å². The summed E-state index contributed by atoms with van der Waals surface area (Å²) in [6, 6.07) is 10.2. The van der Waals surface area contributed by atoms with E-state index in [4.69, 9.17) is 0 Å². The van der Waals surface area contributed by atoms with Gasteiger partial charge in [0, 0.05) is 11.9 Å². The number of nitrogens with one attached hydrogen (secondary N) is 1. The van der Waals surface area contributed by atoms with Gasteiger partial charge < -0.3 is 5.32 Å². The summed E-state index contributed by atoms with van der Waals surface area (Å²) >= 11 is 0. The Morgan fingerprint density at radius 2 is 1.71 bits per heavy atom. The van der Waals surface area contributed by atoms with Crippen LogP contribution in [-0.4, -0.2) is 9.97 Å². The smallest absolute Gasteiger partial charge is 0.340 e. The molecule has 0 saturated carbocycles. The van der Waals surface area contributed by atoms with Crippen LogP contribution in [0.1, 0.15) is 5.82 Å². The fourth-order valence-electron chi connectivity index (χ4n) is 1.23. The maximum Gasteiger partial charge on any atom is 0.451 e. The molecule has 2 rings (SSSR count). The second-order valence-electron chi connectivity index (χ2n) is 3.25. The summed E-state index contributed by atoms with van der Waals surface area (Å²) in [4.78, 5) is 6.57. The van der Waals surface area contributed by atoms with Gasteiger partial charge in [-0.2, -0.15) is 13.2 Å². The lowest BCUT2D eigenvalue weighted by Crippen LogP contribution is -2.11. The van der Waals surface area contributed by atoms with Crippen molar-refractivity contribution in [2.75, 3.05) is 5.32 Å². The minimum atomic E-state index is -4.53. The zero-order valence-electron chi connectivity index (χ0n) is 8.57. The Morgan fingerprint density at radius 1 is 1.00 bits per heavy atom. The third kappa shape index (κ3) is 2.93. The second kappa shape index (κ2) is 4.40. The third-order valence-corrected chi connectivity index (χ3v) is 1.96. The predicted octanol–water partition coefficient (Wildman–Crippen LogP) is 3.24. The van der Waals surface area contributed by atoms with Crippen molar-refractivity contribution < 1.29 is 13.2 Å². The highest BCUT2D eigenvalue weighted by Gasteiger charge is 2.34. The largest absolute Gasteiger partial charge is 0.451 e. The van der Waals surface area contributed by atoms with Crippen molar-refractivity contribution in [3.8, 4) is 0 Å². The molecule has 2 aromatic rings. The number of para-hydroxylation sites is 1. The summed E-state index contributed by atoms with van der Waals surface area (Å²) in [7, 11) is 0. The summed E-state index contributed by atoms with van der Waals surface area (Å²) in [6.07, 6.45) is -3.46. The van der Waals surface area contributed by atoms with E-state index in [1.807, 2.05) is 6.07 Å². The molecule has 0 saturated heterocycles. The van der Waals surface area contributed by atoms with Gasteiger partial charge in [0.05, 0.1) is 0 Å². The van der Waals surface area contributed by atoms with Crippen molar-refractivity contribution in [1.82, 2.24) is 9.97 Å². The molecule has 0 radical (unpaired) electrons. The molecule has 0 fully saturated rings. The van der Waals surface area contributed by atoms with Crippen molar-refractivity contribution >= 4 is 11.5 Å². The van der Waals surface area contributed by atoms with Crippen LogP contribution < -0.4 is 5.32 Å². The van der Waals surface area contributed by atoms with Gasteiger partial charge in [-0.05, 0) is 18.2 Å². The molecule has 6 heteroatoms. The standard InChI is InChI=1S/C11H8F3N3/c12-11(13,14)10-15-7-6-9(17-10)16-8-4-2-1-3-5-8/h1-7H,(H,15,16,17). The van der Waals surface area contributed by atoms with Crippen molar-refractivity contribution in [3.63, 3.8) is 0 Å². The van der Waals surface area contributed by atoms with E-state index >= 15 is 0 Å². The van der Waals surface area contributed by atoms with Crippen molar-refractivity contribution in [2.45, 2.75) is 6.18 Å². The first kappa shape index (κ1) is 11.4. The summed E-state index contributed by atoms with van der Waals surface area (Å²) in [6.45, 7) is 0. The van der Waals surface area contributed by atoms with Crippen LogP contribution in [0.4, 0.5) is 24.7 Å². The summed E-state index contributed by atoms with van der Waals surface area (Å²) in [5, 5.41) is 2.77. The highest BCUT2D eigenvalue weighted by molar-refractivity contribution is 5.55. The van der Waals surface area contributed by atoms with Crippen LogP contribution in [0.5, 0.6) is 0 Å². The van der Waals surface area contributed by atoms with Crippen LogP contribution in [0.25, 0.3) is 0 Å². The van der Waals surface area contributed by atoms with E-state index in [0.29, 0.717) is 5.69 Å². The summed E-state index contributed by atoms with van der Waals surface area (Å²) in [5.41, 5.74) is 0.666. The van der Waals surface area contributed by atoms with Gasteiger partial charge in [-0.3, -0.25) is 0 Å². The number of benzene rings is 1. The number of nitrogens with zero attached hydrogens (tertiary/aromatic N) is 2. The van der Waals surface area contributed by atoms with E-state index in [2.05, 4.69) is 15.3 Å². The molecule has 0 aliphatic carbocycles. The average Bonchev–Trinajstić information content (AvgIpc) is 2.29. The van der Waals surface area contributed by atoms with Crippen LogP contribution in [-0.2, 0) is 6.18 Å². The molecule has 0 aliphatic rings. The molecule has 0 amide bonds. The van der Waals surface area contributed by atoms with E-state index in [1.54, 1.807) is 24.3 Å². The van der Waals surface area contributed by atoms with Gasteiger partial charge >= 0.3 is 6.18 Å².